The zero-order chi connectivity index (χ0) is 80.5. The summed E-state index contributed by atoms with van der Waals surface area (Å²) >= 11 is 0. The third-order valence-corrected chi connectivity index (χ3v) is 13.7. The van der Waals surface area contributed by atoms with E-state index in [1.165, 1.54) is 84.7 Å². The number of H-pyrrole nitrogens is 1. The summed E-state index contributed by atoms with van der Waals surface area (Å²) in [4.78, 5) is 141. The molecule has 106 heavy (non-hydrogen) atoms. The number of benzene rings is 3. The maximum Gasteiger partial charge on any atom is 0.343 e. The second-order valence-electron chi connectivity index (χ2n) is 22.9. The number of pyridine rings is 4. The molecule has 0 aliphatic carbocycles. The third kappa shape index (κ3) is 33.4. The molecule has 0 radical (unpaired) electrons. The summed E-state index contributed by atoms with van der Waals surface area (Å²) < 4.78 is 62.1. The minimum atomic E-state index is -1.41. The van der Waals surface area contributed by atoms with Gasteiger partial charge in [-0.15, -0.1) is 0 Å². The Kier molecular flexibility index (Phi) is 41.6. The molecule has 0 aliphatic heterocycles. The van der Waals surface area contributed by atoms with Gasteiger partial charge in [0.2, 0.25) is 5.43 Å². The summed E-state index contributed by atoms with van der Waals surface area (Å²) in [6, 6.07) is 17.6. The number of hydrogen-bond acceptors (Lipinski definition) is 21. The first-order chi connectivity index (χ1) is 49.9. The quantitative estimate of drug-likeness (QED) is 0.00818. The Morgan fingerprint density at radius 2 is 0.906 bits per heavy atom. The smallest absolute Gasteiger partial charge is 0.343 e. The number of hydrogen-bond donors (Lipinski definition) is 6. The van der Waals surface area contributed by atoms with Gasteiger partial charge in [0.15, 0.2) is 27.8 Å². The number of aromatic nitrogens is 4. The van der Waals surface area contributed by atoms with Crippen LogP contribution in [0.3, 0.4) is 0 Å². The fourth-order valence-electron chi connectivity index (χ4n) is 8.54. The van der Waals surface area contributed by atoms with Crippen molar-refractivity contribution in [3.8, 4) is 5.75 Å². The van der Waals surface area contributed by atoms with Crippen LogP contribution in [0.5, 0.6) is 5.75 Å². The summed E-state index contributed by atoms with van der Waals surface area (Å²) in [5.74, 6) is -7.27. The minimum Gasteiger partial charge on any atom is -0.511 e. The molecule has 0 spiro atoms. The van der Waals surface area contributed by atoms with Crippen LogP contribution in [0.25, 0.3) is 0 Å². The zero-order valence-corrected chi connectivity index (χ0v) is 61.6. The number of Topliss-reactive ketones (excluding diaryl/α,β-unsaturated/α-hetero) is 1. The third-order valence-electron chi connectivity index (χ3n) is 13.7. The van der Waals surface area contributed by atoms with E-state index in [-0.39, 0.29) is 94.3 Å². The van der Waals surface area contributed by atoms with Gasteiger partial charge in [-0.25, -0.2) is 37.1 Å². The molecule has 7 aromatic rings. The summed E-state index contributed by atoms with van der Waals surface area (Å²) in [6.07, 6.45) is 15.9. The molecule has 572 valence electrons. The molecule has 6 N–H and O–H groups in total. The van der Waals surface area contributed by atoms with Crippen molar-refractivity contribution in [2.45, 2.75) is 102 Å². The highest BCUT2D eigenvalue weighted by Crippen LogP contribution is 2.13. The number of carboxylic acid groups (broad SMARTS) is 2. The van der Waals surface area contributed by atoms with E-state index in [4.69, 9.17) is 34.9 Å². The number of carbonyl (C=O) groups excluding carboxylic acids is 6. The normalized spacial score (nSPS) is 10.7. The van der Waals surface area contributed by atoms with Crippen LogP contribution in [0, 0.1) is 49.6 Å². The topological polar surface area (TPSA) is 384 Å². The molecule has 4 heterocycles. The molecule has 0 aliphatic rings. The number of aliphatic hydroxyl groups excluding tert-OH is 1. The number of esters is 4. The SMILES string of the molecule is CC(=O)/C=C/N(C)C.CCOC(=O)C(C=N)=C(O)CC.CCOC(=O)C(CN(C)C)C(=O)CC.CCOC(=O)c1c[nH]cc(C)c1=O.CCOC(=O)c1cn(Cc2ccc(F)cc2)cc(C)c1=O.Cc1cn(Cc2ccc(F)cc2)cc(C(=O)O)c1=O.O=C(O)c1cn(Cc2ccc(F)cc2)cc(O)c1=O. The number of ether oxygens (including phenoxy) is 4. The Bertz CT molecular complexity index is 4290. The lowest BCUT2D eigenvalue weighted by Crippen LogP contribution is -2.35. The Balaban J connectivity index is 0.000000630. The van der Waals surface area contributed by atoms with Gasteiger partial charge in [-0.1, -0.05) is 50.2 Å². The van der Waals surface area contributed by atoms with Crippen molar-refractivity contribution in [2.75, 3.05) is 61.2 Å². The minimum absolute atomic E-state index is 0.0129. The lowest BCUT2D eigenvalue weighted by Gasteiger charge is -2.17. The van der Waals surface area contributed by atoms with Crippen molar-refractivity contribution in [3.63, 3.8) is 0 Å². The molecule has 1 unspecified atom stereocenters. The second kappa shape index (κ2) is 48.0. The van der Waals surface area contributed by atoms with Gasteiger partial charge in [-0.3, -0.25) is 33.6 Å². The van der Waals surface area contributed by atoms with E-state index in [2.05, 4.69) is 9.72 Å². The average Bonchev–Trinajstić information content (AvgIpc) is 0.831. The van der Waals surface area contributed by atoms with E-state index in [0.717, 1.165) is 29.7 Å². The van der Waals surface area contributed by atoms with Crippen LogP contribution in [0.2, 0.25) is 0 Å². The van der Waals surface area contributed by atoms with Crippen molar-refractivity contribution < 1.29 is 90.9 Å². The molecule has 0 saturated carbocycles. The van der Waals surface area contributed by atoms with Crippen LogP contribution in [0.1, 0.15) is 136 Å². The molecule has 7 rings (SSSR count). The second-order valence-corrected chi connectivity index (χ2v) is 22.9. The molecular weight excluding hydrogens is 1390 g/mol. The number of allylic oxidation sites excluding steroid dienone is 2. The molecule has 0 amide bonds. The molecule has 30 heteroatoms. The molecule has 3 aromatic carbocycles. The van der Waals surface area contributed by atoms with E-state index in [1.54, 1.807) is 121 Å². The number of halogens is 3. The first kappa shape index (κ1) is 91.9. The number of carbonyl (C=O) groups is 8. The van der Waals surface area contributed by atoms with Gasteiger partial charge < -0.3 is 73.3 Å². The number of aromatic hydroxyl groups is 1. The van der Waals surface area contributed by atoms with Crippen LogP contribution >= 0.6 is 0 Å². The number of aryl methyl sites for hydroxylation is 3. The Hall–Kier alpha value is -12.1. The summed E-state index contributed by atoms with van der Waals surface area (Å²) in [6.45, 7) is 19.1. The highest BCUT2D eigenvalue weighted by Gasteiger charge is 2.27. The summed E-state index contributed by atoms with van der Waals surface area (Å²) in [5.41, 5.74) is 0.933. The number of nitrogens with zero attached hydrogens (tertiary/aromatic N) is 5. The van der Waals surface area contributed by atoms with E-state index in [9.17, 15) is 75.8 Å². The average molecular weight is 1480 g/mol. The van der Waals surface area contributed by atoms with Gasteiger partial charge >= 0.3 is 35.8 Å². The first-order valence-electron chi connectivity index (χ1n) is 32.8. The Morgan fingerprint density at radius 1 is 0.519 bits per heavy atom. The van der Waals surface area contributed by atoms with Crippen molar-refractivity contribution in [2.24, 2.45) is 5.92 Å². The molecular formula is C76H92F3N7O20. The molecule has 0 fully saturated rings. The van der Waals surface area contributed by atoms with Crippen molar-refractivity contribution in [3.05, 3.63) is 260 Å². The largest absolute Gasteiger partial charge is 0.511 e. The number of aromatic carboxylic acids is 2. The predicted molar refractivity (Wildman–Crippen MR) is 390 cm³/mol. The van der Waals surface area contributed by atoms with Crippen LogP contribution in [0.4, 0.5) is 13.2 Å². The molecule has 27 nitrogen and oxygen atoms in total. The first-order valence-corrected chi connectivity index (χ1v) is 32.8. The highest BCUT2D eigenvalue weighted by atomic mass is 19.1. The summed E-state index contributed by atoms with van der Waals surface area (Å²) in [5, 5.41) is 43.2. The molecule has 0 saturated heterocycles. The van der Waals surface area contributed by atoms with Crippen molar-refractivity contribution in [1.29, 1.82) is 5.41 Å². The number of nitrogens with one attached hydrogen (secondary N) is 2. The Labute approximate surface area is 610 Å². The number of rotatable bonds is 24. The maximum atomic E-state index is 12.9. The van der Waals surface area contributed by atoms with Gasteiger partial charge in [-0.05, 0) is 129 Å². The van der Waals surface area contributed by atoms with Crippen LogP contribution < -0.4 is 21.7 Å². The molecule has 4 aromatic heterocycles. The van der Waals surface area contributed by atoms with E-state index in [0.29, 0.717) is 61.3 Å². The predicted octanol–water partition coefficient (Wildman–Crippen LogP) is 9.64. The number of aliphatic hydroxyl groups is 1. The lowest BCUT2D eigenvalue weighted by atomic mass is 10.0. The zero-order valence-electron chi connectivity index (χ0n) is 61.6. The fourth-order valence-corrected chi connectivity index (χ4v) is 8.54. The van der Waals surface area contributed by atoms with Gasteiger partial charge in [0.25, 0.3) is 0 Å². The number of ketones is 2. The maximum absolute atomic E-state index is 12.9. The lowest BCUT2D eigenvalue weighted by molar-refractivity contribution is -0.152. The van der Waals surface area contributed by atoms with E-state index >= 15 is 0 Å². The molecule has 1 atom stereocenters. The standard InChI is InChI=1S/C16H16FNO3.C14H12FNO3.C13H10FNO4.C10H19NO3.C9H11NO3.C8H13NO3.C6H11NO/c1-3-21-16(20)14-10-18(8-11(2)15(14)19)9-12-4-6-13(17)7-5-12;1-9-6-16(8-12(13(9)17)14(18)19)7-10-2-4-11(15)5-3-10;14-9-3-1-8(2-4-9)5-15-6-10(13(18)19)12(17)11(16)7-15;1-5-9(12)8(7-11(3)4)10(13)14-6-2;1-3-13-9(12)7-5-10-4-6(2)8(7)11;1-3-7(10)6(5-9)8(11)12-4-2;1-6(8)4-5-7(2)3/h4-8,10H,3,9H2,1-2H3;2-6,8H,7H2,1H3,(H,18,19);1-4,6-7,16H,5H2,(H,18,19);8H,5-7H2,1-4H3;4-5H,3H2,1-2H3,(H,10,11);5,9-10H,3-4H2,1-2H3;4-5H,1-3H3/b;;;;;;5-4+. The van der Waals surface area contributed by atoms with Gasteiger partial charge in [0.1, 0.15) is 62.7 Å². The number of aromatic amines is 1. The van der Waals surface area contributed by atoms with Crippen molar-refractivity contribution in [1.82, 2.24) is 28.5 Å². The monoisotopic (exact) mass is 1480 g/mol. The van der Waals surface area contributed by atoms with Crippen LogP contribution in [-0.2, 0) is 57.8 Å². The van der Waals surface area contributed by atoms with Gasteiger partial charge in [0.05, 0.1) is 32.6 Å². The van der Waals surface area contributed by atoms with E-state index in [1.807, 2.05) is 38.0 Å². The van der Waals surface area contributed by atoms with E-state index < -0.39 is 63.9 Å². The van der Waals surface area contributed by atoms with Gasteiger partial charge in [-0.2, -0.15) is 0 Å². The number of carboxylic acids is 2. The van der Waals surface area contributed by atoms with Crippen LogP contribution in [0.15, 0.2) is 165 Å². The van der Waals surface area contributed by atoms with Crippen LogP contribution in [-0.4, -0.2) is 164 Å². The highest BCUT2D eigenvalue weighted by molar-refractivity contribution is 6.09. The summed E-state index contributed by atoms with van der Waals surface area (Å²) in [7, 11) is 7.41. The van der Waals surface area contributed by atoms with Crippen molar-refractivity contribution >= 4 is 53.6 Å². The Morgan fingerprint density at radius 3 is 1.26 bits per heavy atom. The molecule has 0 bridgehead atoms. The van der Waals surface area contributed by atoms with Gasteiger partial charge in [0, 0.05) is 126 Å². The fraction of sp³-hybridized carbons (Fsp3) is 0.329.